The van der Waals surface area contributed by atoms with Gasteiger partial charge in [0, 0.05) is 26.4 Å². The van der Waals surface area contributed by atoms with Crippen molar-refractivity contribution in [3.63, 3.8) is 0 Å². The van der Waals surface area contributed by atoms with Crippen LogP contribution in [0.25, 0.3) is 11.0 Å². The predicted molar refractivity (Wildman–Crippen MR) is 65.8 cm³/mol. The lowest BCUT2D eigenvalue weighted by Crippen LogP contribution is -2.09. The van der Waals surface area contributed by atoms with Crippen molar-refractivity contribution in [2.45, 2.75) is 6.29 Å². The van der Waals surface area contributed by atoms with Gasteiger partial charge in [0.1, 0.15) is 11.3 Å². The van der Waals surface area contributed by atoms with Gasteiger partial charge in [-0.15, -0.1) is 0 Å². The van der Waals surface area contributed by atoms with Crippen LogP contribution in [0.3, 0.4) is 0 Å². The van der Waals surface area contributed by atoms with Crippen LogP contribution in [0.1, 0.15) is 12.1 Å². The highest BCUT2D eigenvalue weighted by molar-refractivity contribution is 5.77. The first-order chi connectivity index (χ1) is 8.69. The molecule has 2 rings (SSSR count). The molecule has 0 amide bonds. The molecule has 0 spiro atoms. The molecule has 1 heterocycles. The second-order valence-electron chi connectivity index (χ2n) is 3.68. The zero-order valence-corrected chi connectivity index (χ0v) is 10.4. The van der Waals surface area contributed by atoms with E-state index in [4.69, 9.17) is 18.6 Å². The first kappa shape index (κ1) is 12.6. The Balaban J connectivity index is 2.62. The third kappa shape index (κ3) is 2.23. The second-order valence-corrected chi connectivity index (χ2v) is 3.68. The summed E-state index contributed by atoms with van der Waals surface area (Å²) in [7, 11) is 4.50. The summed E-state index contributed by atoms with van der Waals surface area (Å²) < 4.78 is 20.8. The fraction of sp³-hybridized carbons (Fsp3) is 0.308. The summed E-state index contributed by atoms with van der Waals surface area (Å²) in [5, 5.41) is 0.491. The van der Waals surface area contributed by atoms with Gasteiger partial charge in [-0.3, -0.25) is 4.79 Å². The Hall–Kier alpha value is -1.85. The zero-order chi connectivity index (χ0) is 13.1. The standard InChI is InChI=1S/C13H14O5/c1-15-8-4-5-9-10(14)7-12(13(16-2)17-3)18-11(9)6-8/h4-7,13H,1-3H3. The minimum atomic E-state index is -0.701. The first-order valence-corrected chi connectivity index (χ1v) is 5.37. The molecule has 5 nitrogen and oxygen atoms in total. The Kier molecular flexibility index (Phi) is 3.64. The molecule has 0 bridgehead atoms. The molecule has 0 N–H and O–H groups in total. The minimum absolute atomic E-state index is 0.145. The average molecular weight is 250 g/mol. The summed E-state index contributed by atoms with van der Waals surface area (Å²) in [6, 6.07) is 6.40. The Morgan fingerprint density at radius 2 is 1.83 bits per heavy atom. The van der Waals surface area contributed by atoms with Crippen LogP contribution in [0.2, 0.25) is 0 Å². The molecule has 0 aliphatic rings. The maximum absolute atomic E-state index is 11.9. The van der Waals surface area contributed by atoms with Crippen molar-refractivity contribution in [2.75, 3.05) is 21.3 Å². The number of benzene rings is 1. The van der Waals surface area contributed by atoms with Crippen molar-refractivity contribution in [2.24, 2.45) is 0 Å². The van der Waals surface area contributed by atoms with Gasteiger partial charge in [-0.25, -0.2) is 0 Å². The smallest absolute Gasteiger partial charge is 0.216 e. The van der Waals surface area contributed by atoms with Crippen LogP contribution in [0.4, 0.5) is 0 Å². The Labute approximate surface area is 104 Å². The van der Waals surface area contributed by atoms with Gasteiger partial charge in [0.2, 0.25) is 6.29 Å². The molecular weight excluding hydrogens is 236 g/mol. The normalized spacial score (nSPS) is 11.1. The molecule has 18 heavy (non-hydrogen) atoms. The van der Waals surface area contributed by atoms with E-state index in [9.17, 15) is 4.79 Å². The van der Waals surface area contributed by atoms with Crippen LogP contribution in [0, 0.1) is 0 Å². The molecule has 2 aromatic rings. The van der Waals surface area contributed by atoms with Crippen molar-refractivity contribution >= 4 is 11.0 Å². The van der Waals surface area contributed by atoms with Gasteiger partial charge in [0.25, 0.3) is 0 Å². The molecule has 1 aromatic carbocycles. The molecule has 96 valence electrons. The van der Waals surface area contributed by atoms with E-state index in [1.807, 2.05) is 0 Å². The molecule has 1 aromatic heterocycles. The summed E-state index contributed by atoms with van der Waals surface area (Å²) in [6.07, 6.45) is -0.701. The molecule has 0 aliphatic heterocycles. The van der Waals surface area contributed by atoms with E-state index in [0.29, 0.717) is 22.5 Å². The van der Waals surface area contributed by atoms with Crippen molar-refractivity contribution in [3.8, 4) is 5.75 Å². The number of ether oxygens (including phenoxy) is 3. The van der Waals surface area contributed by atoms with E-state index in [0.717, 1.165) is 0 Å². The summed E-state index contributed by atoms with van der Waals surface area (Å²) in [5.74, 6) is 0.944. The van der Waals surface area contributed by atoms with E-state index in [-0.39, 0.29) is 5.43 Å². The number of methoxy groups -OCH3 is 3. The van der Waals surface area contributed by atoms with E-state index in [1.54, 1.807) is 25.3 Å². The van der Waals surface area contributed by atoms with E-state index in [1.165, 1.54) is 20.3 Å². The van der Waals surface area contributed by atoms with Crippen molar-refractivity contribution in [1.29, 1.82) is 0 Å². The van der Waals surface area contributed by atoms with E-state index in [2.05, 4.69) is 0 Å². The highest BCUT2D eigenvalue weighted by Gasteiger charge is 2.15. The molecule has 0 saturated carbocycles. The zero-order valence-electron chi connectivity index (χ0n) is 10.4. The van der Waals surface area contributed by atoms with E-state index >= 15 is 0 Å². The Bertz CT molecular complexity index is 598. The maximum Gasteiger partial charge on any atom is 0.216 e. The van der Waals surface area contributed by atoms with E-state index < -0.39 is 6.29 Å². The van der Waals surface area contributed by atoms with Crippen LogP contribution < -0.4 is 10.2 Å². The highest BCUT2D eigenvalue weighted by atomic mass is 16.7. The fourth-order valence-corrected chi connectivity index (χ4v) is 1.73. The van der Waals surface area contributed by atoms with Crippen LogP contribution in [0.15, 0.2) is 33.5 Å². The van der Waals surface area contributed by atoms with Gasteiger partial charge >= 0.3 is 0 Å². The van der Waals surface area contributed by atoms with Gasteiger partial charge in [-0.1, -0.05) is 0 Å². The largest absolute Gasteiger partial charge is 0.497 e. The average Bonchev–Trinajstić information content (AvgIpc) is 2.39. The second kappa shape index (κ2) is 5.20. The molecule has 0 fully saturated rings. The third-order valence-corrected chi connectivity index (χ3v) is 2.62. The lowest BCUT2D eigenvalue weighted by atomic mass is 10.2. The number of hydrogen-bond donors (Lipinski definition) is 0. The van der Waals surface area contributed by atoms with Gasteiger partial charge in [0.05, 0.1) is 12.5 Å². The minimum Gasteiger partial charge on any atom is -0.497 e. The Morgan fingerprint density at radius 1 is 1.11 bits per heavy atom. The van der Waals surface area contributed by atoms with Crippen LogP contribution in [-0.4, -0.2) is 21.3 Å². The molecule has 0 unspecified atom stereocenters. The number of hydrogen-bond acceptors (Lipinski definition) is 5. The maximum atomic E-state index is 11.9. The third-order valence-electron chi connectivity index (χ3n) is 2.62. The lowest BCUT2D eigenvalue weighted by Gasteiger charge is -2.12. The summed E-state index contributed by atoms with van der Waals surface area (Å²) in [6.45, 7) is 0. The Morgan fingerprint density at radius 3 is 2.44 bits per heavy atom. The molecule has 0 atom stereocenters. The lowest BCUT2D eigenvalue weighted by molar-refractivity contribution is -0.117. The summed E-state index contributed by atoms with van der Waals surface area (Å²) in [4.78, 5) is 11.9. The summed E-state index contributed by atoms with van der Waals surface area (Å²) in [5.41, 5.74) is 0.295. The molecule has 5 heteroatoms. The fourth-order valence-electron chi connectivity index (χ4n) is 1.73. The van der Waals surface area contributed by atoms with Gasteiger partial charge in [-0.2, -0.15) is 0 Å². The summed E-state index contributed by atoms with van der Waals surface area (Å²) >= 11 is 0. The van der Waals surface area contributed by atoms with Crippen molar-refractivity contribution < 1.29 is 18.6 Å². The quantitative estimate of drug-likeness (QED) is 0.778. The van der Waals surface area contributed by atoms with Crippen molar-refractivity contribution in [1.82, 2.24) is 0 Å². The number of fused-ring (bicyclic) bond motifs is 1. The molecular formula is C13H14O5. The molecule has 0 saturated heterocycles. The predicted octanol–water partition coefficient (Wildman–Crippen LogP) is 2.09. The van der Waals surface area contributed by atoms with Crippen LogP contribution in [-0.2, 0) is 9.47 Å². The van der Waals surface area contributed by atoms with Gasteiger partial charge in [-0.05, 0) is 12.1 Å². The van der Waals surface area contributed by atoms with Crippen LogP contribution >= 0.6 is 0 Å². The SMILES string of the molecule is COc1ccc2c(=O)cc(C(OC)OC)oc2c1. The van der Waals surface area contributed by atoms with Gasteiger partial charge in [0.15, 0.2) is 11.2 Å². The number of rotatable bonds is 4. The molecule has 0 aliphatic carbocycles. The van der Waals surface area contributed by atoms with Crippen LogP contribution in [0.5, 0.6) is 5.75 Å². The first-order valence-electron chi connectivity index (χ1n) is 5.37. The van der Waals surface area contributed by atoms with Gasteiger partial charge < -0.3 is 18.6 Å². The highest BCUT2D eigenvalue weighted by Crippen LogP contribution is 2.23. The topological polar surface area (TPSA) is 57.9 Å². The molecule has 0 radical (unpaired) electrons. The monoisotopic (exact) mass is 250 g/mol. The van der Waals surface area contributed by atoms with Crippen molar-refractivity contribution in [3.05, 3.63) is 40.2 Å².